The zero-order valence-corrected chi connectivity index (χ0v) is 17.6. The largest absolute Gasteiger partial charge is 0.490 e. The van der Waals surface area contributed by atoms with Crippen LogP contribution < -0.4 is 10.5 Å². The monoisotopic (exact) mass is 436 g/mol. The molecule has 0 aromatic heterocycles. The molecular formula is C23H24N4O5. The van der Waals surface area contributed by atoms with E-state index in [0.29, 0.717) is 26.2 Å². The lowest BCUT2D eigenvalue weighted by molar-refractivity contribution is -0.385. The van der Waals surface area contributed by atoms with Crippen LogP contribution in [0.2, 0.25) is 0 Å². The third kappa shape index (κ3) is 5.87. The summed E-state index contributed by atoms with van der Waals surface area (Å²) in [6.07, 6.45) is 0. The van der Waals surface area contributed by atoms with Gasteiger partial charge in [-0.1, -0.05) is 42.5 Å². The molecule has 0 radical (unpaired) electrons. The van der Waals surface area contributed by atoms with Crippen LogP contribution in [0.25, 0.3) is 0 Å². The number of nitro groups is 2. The van der Waals surface area contributed by atoms with Gasteiger partial charge in [0.25, 0.3) is 5.69 Å². The zero-order chi connectivity index (χ0) is 23.1. The predicted molar refractivity (Wildman–Crippen MR) is 120 cm³/mol. The molecule has 0 aliphatic heterocycles. The number of nitrogens with zero attached hydrogens (tertiary/aromatic N) is 3. The van der Waals surface area contributed by atoms with Gasteiger partial charge in [-0.3, -0.25) is 25.1 Å². The van der Waals surface area contributed by atoms with Crippen LogP contribution in [-0.4, -0.2) is 21.9 Å². The highest BCUT2D eigenvalue weighted by Gasteiger charge is 2.17. The molecule has 0 spiro atoms. The molecule has 0 saturated carbocycles. The summed E-state index contributed by atoms with van der Waals surface area (Å²) in [5.41, 5.74) is 9.37. The number of methoxy groups -OCH3 is 1. The first-order valence-electron chi connectivity index (χ1n) is 9.94. The molecule has 2 N–H and O–H groups in total. The molecule has 3 rings (SSSR count). The van der Waals surface area contributed by atoms with Crippen molar-refractivity contribution >= 4 is 11.4 Å². The maximum atomic E-state index is 11.4. The second-order valence-corrected chi connectivity index (χ2v) is 7.35. The fourth-order valence-corrected chi connectivity index (χ4v) is 3.42. The van der Waals surface area contributed by atoms with Crippen molar-refractivity contribution in [3.8, 4) is 5.75 Å². The van der Waals surface area contributed by atoms with Crippen molar-refractivity contribution in [1.29, 1.82) is 0 Å². The van der Waals surface area contributed by atoms with Gasteiger partial charge in [-0.25, -0.2) is 0 Å². The van der Waals surface area contributed by atoms with Crippen LogP contribution in [-0.2, 0) is 26.2 Å². The Morgan fingerprint density at radius 3 is 1.78 bits per heavy atom. The lowest BCUT2D eigenvalue weighted by Gasteiger charge is -2.23. The summed E-state index contributed by atoms with van der Waals surface area (Å²) in [5.74, 6) is 0.207. The summed E-state index contributed by atoms with van der Waals surface area (Å²) in [6.45, 7) is 2.00. The highest BCUT2D eigenvalue weighted by atomic mass is 16.6. The minimum Gasteiger partial charge on any atom is -0.490 e. The van der Waals surface area contributed by atoms with Gasteiger partial charge in [0.15, 0.2) is 5.75 Å². The van der Waals surface area contributed by atoms with Crippen molar-refractivity contribution in [2.24, 2.45) is 5.73 Å². The second kappa shape index (κ2) is 10.5. The number of nitrogens with two attached hydrogens (primary N) is 1. The fraction of sp³-hybridized carbons (Fsp3) is 0.217. The summed E-state index contributed by atoms with van der Waals surface area (Å²) in [5, 5.41) is 22.3. The number of nitro benzene ring substituents is 2. The van der Waals surface area contributed by atoms with E-state index < -0.39 is 9.85 Å². The molecule has 0 aliphatic rings. The smallest absolute Gasteiger partial charge is 0.311 e. The van der Waals surface area contributed by atoms with E-state index in [9.17, 15) is 20.2 Å². The molecule has 32 heavy (non-hydrogen) atoms. The molecule has 0 amide bonds. The van der Waals surface area contributed by atoms with E-state index in [-0.39, 0.29) is 17.1 Å². The van der Waals surface area contributed by atoms with Gasteiger partial charge in [-0.2, -0.15) is 0 Å². The molecule has 9 heteroatoms. The summed E-state index contributed by atoms with van der Waals surface area (Å²) in [6, 6.07) is 19.2. The molecule has 0 saturated heterocycles. The zero-order valence-electron chi connectivity index (χ0n) is 17.6. The number of non-ortho nitro benzene ring substituents is 1. The van der Waals surface area contributed by atoms with Crippen LogP contribution in [0.15, 0.2) is 66.7 Å². The number of benzene rings is 3. The van der Waals surface area contributed by atoms with E-state index in [2.05, 4.69) is 4.90 Å². The topological polar surface area (TPSA) is 125 Å². The van der Waals surface area contributed by atoms with Crippen LogP contribution in [0.5, 0.6) is 5.75 Å². The molecule has 0 fully saturated rings. The van der Waals surface area contributed by atoms with E-state index in [1.54, 1.807) is 24.3 Å². The normalized spacial score (nSPS) is 10.8. The third-order valence-corrected chi connectivity index (χ3v) is 5.06. The molecule has 0 atom stereocenters. The Morgan fingerprint density at radius 1 is 0.781 bits per heavy atom. The van der Waals surface area contributed by atoms with E-state index in [1.165, 1.54) is 25.3 Å². The minimum absolute atomic E-state index is 0.0310. The number of hydrogen-bond donors (Lipinski definition) is 1. The van der Waals surface area contributed by atoms with Gasteiger partial charge in [-0.15, -0.1) is 0 Å². The van der Waals surface area contributed by atoms with Crippen molar-refractivity contribution < 1.29 is 14.6 Å². The number of hydrogen-bond acceptors (Lipinski definition) is 7. The van der Waals surface area contributed by atoms with Crippen LogP contribution in [0, 0.1) is 20.2 Å². The van der Waals surface area contributed by atoms with Crippen molar-refractivity contribution in [2.45, 2.75) is 26.2 Å². The van der Waals surface area contributed by atoms with E-state index in [0.717, 1.165) is 22.3 Å². The molecule has 3 aromatic carbocycles. The molecule has 0 unspecified atom stereocenters. The van der Waals surface area contributed by atoms with Gasteiger partial charge < -0.3 is 10.5 Å². The molecule has 166 valence electrons. The quantitative estimate of drug-likeness (QED) is 0.373. The molecule has 9 nitrogen and oxygen atoms in total. The Morgan fingerprint density at radius 2 is 1.28 bits per heavy atom. The van der Waals surface area contributed by atoms with Gasteiger partial charge in [0.1, 0.15) is 0 Å². The lowest BCUT2D eigenvalue weighted by atomic mass is 10.1. The Labute approximate surface area is 185 Å². The van der Waals surface area contributed by atoms with E-state index >= 15 is 0 Å². The average Bonchev–Trinajstić information content (AvgIpc) is 2.79. The number of ether oxygens (including phenoxy) is 1. The second-order valence-electron chi connectivity index (χ2n) is 7.35. The van der Waals surface area contributed by atoms with Crippen LogP contribution in [0.1, 0.15) is 22.3 Å². The Kier molecular flexibility index (Phi) is 7.48. The first kappa shape index (κ1) is 22.9. The van der Waals surface area contributed by atoms with Crippen molar-refractivity contribution in [2.75, 3.05) is 7.11 Å². The van der Waals surface area contributed by atoms with Gasteiger partial charge >= 0.3 is 5.69 Å². The van der Waals surface area contributed by atoms with Crippen molar-refractivity contribution in [1.82, 2.24) is 4.90 Å². The highest BCUT2D eigenvalue weighted by molar-refractivity contribution is 5.48. The van der Waals surface area contributed by atoms with E-state index in [1.807, 2.05) is 24.3 Å². The molecular weight excluding hydrogens is 412 g/mol. The van der Waals surface area contributed by atoms with E-state index in [4.69, 9.17) is 10.5 Å². The number of rotatable bonds is 10. The summed E-state index contributed by atoms with van der Waals surface area (Å²) < 4.78 is 5.09. The van der Waals surface area contributed by atoms with Crippen molar-refractivity contribution in [3.63, 3.8) is 0 Å². The summed E-state index contributed by atoms with van der Waals surface area (Å²) >= 11 is 0. The molecule has 3 aromatic rings. The first-order valence-corrected chi connectivity index (χ1v) is 9.94. The van der Waals surface area contributed by atoms with Crippen LogP contribution >= 0.6 is 0 Å². The SMILES string of the molecule is COc1ccc(CN(Cc2ccc(CN)cc2)Cc2ccc([N+](=O)[O-])cc2)cc1[N+](=O)[O-]. The first-order chi connectivity index (χ1) is 15.4. The summed E-state index contributed by atoms with van der Waals surface area (Å²) in [7, 11) is 1.40. The Balaban J connectivity index is 1.86. The maximum absolute atomic E-state index is 11.4. The van der Waals surface area contributed by atoms with Crippen LogP contribution in [0.4, 0.5) is 11.4 Å². The van der Waals surface area contributed by atoms with Gasteiger partial charge in [-0.05, 0) is 28.3 Å². The molecule has 0 heterocycles. The average molecular weight is 436 g/mol. The van der Waals surface area contributed by atoms with Gasteiger partial charge in [0, 0.05) is 44.4 Å². The van der Waals surface area contributed by atoms with Crippen LogP contribution in [0.3, 0.4) is 0 Å². The molecule has 0 aliphatic carbocycles. The molecule has 0 bridgehead atoms. The predicted octanol–water partition coefficient (Wildman–Crippen LogP) is 4.17. The lowest BCUT2D eigenvalue weighted by Crippen LogP contribution is -2.22. The standard InChI is InChI=1S/C23H24N4O5/c1-32-23-11-8-20(12-22(23)27(30)31)16-25(14-18-4-2-17(13-24)3-5-18)15-19-6-9-21(10-7-19)26(28)29/h2-12H,13-16,24H2,1H3. The minimum atomic E-state index is -0.464. The fourth-order valence-electron chi connectivity index (χ4n) is 3.42. The Hall–Kier alpha value is -3.82. The third-order valence-electron chi connectivity index (χ3n) is 5.06. The highest BCUT2D eigenvalue weighted by Crippen LogP contribution is 2.28. The van der Waals surface area contributed by atoms with Gasteiger partial charge in [0.05, 0.1) is 17.0 Å². The van der Waals surface area contributed by atoms with Gasteiger partial charge in [0.2, 0.25) is 0 Å². The Bertz CT molecular complexity index is 1080. The summed E-state index contributed by atoms with van der Waals surface area (Å²) in [4.78, 5) is 23.5. The van der Waals surface area contributed by atoms with Crippen molar-refractivity contribution in [3.05, 3.63) is 109 Å². The maximum Gasteiger partial charge on any atom is 0.311 e.